The zero-order valence-corrected chi connectivity index (χ0v) is 26.1. The van der Waals surface area contributed by atoms with Crippen molar-refractivity contribution >= 4 is 86.7 Å². The molecule has 0 amide bonds. The van der Waals surface area contributed by atoms with Gasteiger partial charge in [0, 0.05) is 38.3 Å². The van der Waals surface area contributed by atoms with Crippen LogP contribution in [0.5, 0.6) is 0 Å². The Morgan fingerprint density at radius 1 is 0.271 bits per heavy atom. The molecule has 0 saturated heterocycles. The molecule has 0 atom stereocenters. The van der Waals surface area contributed by atoms with Crippen molar-refractivity contribution in [2.75, 3.05) is 0 Å². The predicted molar refractivity (Wildman–Crippen MR) is 205 cm³/mol. The van der Waals surface area contributed by atoms with Crippen molar-refractivity contribution in [1.82, 2.24) is 9.13 Å². The van der Waals surface area contributed by atoms with E-state index in [4.69, 9.17) is 0 Å². The second-order valence-corrected chi connectivity index (χ2v) is 12.9. The molecule has 222 valence electrons. The molecule has 0 spiro atoms. The van der Waals surface area contributed by atoms with Crippen molar-refractivity contribution in [3.05, 3.63) is 170 Å². The minimum Gasteiger partial charge on any atom is -0.309 e. The number of aromatic nitrogens is 2. The van der Waals surface area contributed by atoms with E-state index >= 15 is 0 Å². The van der Waals surface area contributed by atoms with E-state index in [2.05, 4.69) is 179 Å². The van der Waals surface area contributed by atoms with Gasteiger partial charge in [-0.15, -0.1) is 0 Å². The van der Waals surface area contributed by atoms with E-state index in [0.29, 0.717) is 0 Å². The van der Waals surface area contributed by atoms with Gasteiger partial charge >= 0.3 is 0 Å². The summed E-state index contributed by atoms with van der Waals surface area (Å²) in [5.41, 5.74) is 7.23. The standard InChI is InChI=1S/C46H28N2/c1-2-14-31(15-3-1)47-41-27-24-32(28-39(41)44-34-17-7-5-13-30(34)23-26-42(44)47)48-40-21-11-10-20-37(40)45-38-25-22-29-12-4-6-16-33(29)43(38)35-18-8-9-19-36(35)46(45)48/h1-28H. The smallest absolute Gasteiger partial charge is 0.0625 e. The topological polar surface area (TPSA) is 9.86 Å². The van der Waals surface area contributed by atoms with E-state index in [1.165, 1.54) is 98.1 Å². The molecule has 0 N–H and O–H groups in total. The number of rotatable bonds is 2. The average molecular weight is 609 g/mol. The molecular weight excluding hydrogens is 581 g/mol. The van der Waals surface area contributed by atoms with Crippen LogP contribution in [0.1, 0.15) is 0 Å². The molecule has 0 unspecified atom stereocenters. The maximum atomic E-state index is 2.51. The highest BCUT2D eigenvalue weighted by molar-refractivity contribution is 6.36. The van der Waals surface area contributed by atoms with Crippen LogP contribution in [0.4, 0.5) is 0 Å². The Labute approximate surface area is 276 Å². The van der Waals surface area contributed by atoms with E-state index in [9.17, 15) is 0 Å². The van der Waals surface area contributed by atoms with Gasteiger partial charge in [-0.05, 0) is 80.2 Å². The van der Waals surface area contributed by atoms with Crippen molar-refractivity contribution in [2.45, 2.75) is 0 Å². The molecule has 2 heterocycles. The van der Waals surface area contributed by atoms with Crippen LogP contribution in [-0.4, -0.2) is 9.13 Å². The first kappa shape index (κ1) is 25.8. The number of hydrogen-bond donors (Lipinski definition) is 0. The van der Waals surface area contributed by atoms with Gasteiger partial charge in [0.2, 0.25) is 0 Å². The second kappa shape index (κ2) is 9.57. The van der Waals surface area contributed by atoms with E-state index in [-0.39, 0.29) is 0 Å². The van der Waals surface area contributed by atoms with Crippen molar-refractivity contribution < 1.29 is 0 Å². The second-order valence-electron chi connectivity index (χ2n) is 12.9. The molecule has 2 nitrogen and oxygen atoms in total. The minimum atomic E-state index is 1.17. The Balaban J connectivity index is 1.34. The zero-order valence-electron chi connectivity index (χ0n) is 26.1. The fraction of sp³-hybridized carbons (Fsp3) is 0. The lowest BCUT2D eigenvalue weighted by Crippen LogP contribution is -1.96. The lowest BCUT2D eigenvalue weighted by atomic mass is 9.93. The number of fused-ring (bicyclic) bond motifs is 15. The van der Waals surface area contributed by atoms with Gasteiger partial charge < -0.3 is 9.13 Å². The minimum absolute atomic E-state index is 1.17. The van der Waals surface area contributed by atoms with Crippen LogP contribution < -0.4 is 0 Å². The lowest BCUT2D eigenvalue weighted by Gasteiger charge is -2.14. The summed E-state index contributed by atoms with van der Waals surface area (Å²) in [7, 11) is 0. The first-order valence-corrected chi connectivity index (χ1v) is 16.6. The van der Waals surface area contributed by atoms with Crippen LogP contribution in [0.3, 0.4) is 0 Å². The molecular formula is C46H28N2. The number of hydrogen-bond acceptors (Lipinski definition) is 0. The Bertz CT molecular complexity index is 3100. The van der Waals surface area contributed by atoms with Crippen LogP contribution in [0.15, 0.2) is 170 Å². The molecule has 2 aromatic heterocycles. The third-order valence-electron chi connectivity index (χ3n) is 10.4. The molecule has 0 radical (unpaired) electrons. The third kappa shape index (κ3) is 3.36. The van der Waals surface area contributed by atoms with Crippen molar-refractivity contribution in [2.24, 2.45) is 0 Å². The molecule has 9 aromatic carbocycles. The fourth-order valence-corrected chi connectivity index (χ4v) is 8.49. The summed E-state index contributed by atoms with van der Waals surface area (Å²) in [6.45, 7) is 0. The highest BCUT2D eigenvalue weighted by atomic mass is 15.0. The normalized spacial score (nSPS) is 12.2. The molecule has 2 heteroatoms. The van der Waals surface area contributed by atoms with E-state index in [0.717, 1.165) is 0 Å². The molecule has 0 aliphatic rings. The summed E-state index contributed by atoms with van der Waals surface area (Å²) >= 11 is 0. The van der Waals surface area contributed by atoms with Crippen molar-refractivity contribution in [3.63, 3.8) is 0 Å². The van der Waals surface area contributed by atoms with Crippen LogP contribution in [0, 0.1) is 0 Å². The zero-order chi connectivity index (χ0) is 31.3. The summed E-state index contributed by atoms with van der Waals surface area (Å²) in [5.74, 6) is 0. The van der Waals surface area contributed by atoms with Gasteiger partial charge in [0.1, 0.15) is 0 Å². The molecule has 0 aliphatic heterocycles. The summed E-state index contributed by atoms with van der Waals surface area (Å²) < 4.78 is 4.93. The summed E-state index contributed by atoms with van der Waals surface area (Å²) in [5, 5.41) is 15.4. The first-order valence-electron chi connectivity index (χ1n) is 16.6. The van der Waals surface area contributed by atoms with Crippen LogP contribution in [-0.2, 0) is 0 Å². The van der Waals surface area contributed by atoms with Gasteiger partial charge in [0.05, 0.1) is 22.1 Å². The summed E-state index contributed by atoms with van der Waals surface area (Å²) in [6, 6.07) is 62.4. The average Bonchev–Trinajstić information content (AvgIpc) is 3.68. The molecule has 11 rings (SSSR count). The van der Waals surface area contributed by atoms with E-state index < -0.39 is 0 Å². The van der Waals surface area contributed by atoms with Gasteiger partial charge in [0.15, 0.2) is 0 Å². The van der Waals surface area contributed by atoms with E-state index in [1.54, 1.807) is 0 Å². The largest absolute Gasteiger partial charge is 0.309 e. The van der Waals surface area contributed by atoms with Gasteiger partial charge in [-0.2, -0.15) is 0 Å². The fourth-order valence-electron chi connectivity index (χ4n) is 8.49. The predicted octanol–water partition coefficient (Wildman–Crippen LogP) is 12.5. The van der Waals surface area contributed by atoms with Crippen molar-refractivity contribution in [1.29, 1.82) is 0 Å². The third-order valence-corrected chi connectivity index (χ3v) is 10.4. The van der Waals surface area contributed by atoms with Crippen LogP contribution in [0.25, 0.3) is 98.1 Å². The Kier molecular flexibility index (Phi) is 5.14. The van der Waals surface area contributed by atoms with Gasteiger partial charge in [-0.3, -0.25) is 0 Å². The monoisotopic (exact) mass is 608 g/mol. The Hall–Kier alpha value is -6.38. The Morgan fingerprint density at radius 3 is 1.65 bits per heavy atom. The maximum absolute atomic E-state index is 2.51. The highest BCUT2D eigenvalue weighted by Gasteiger charge is 2.21. The Morgan fingerprint density at radius 2 is 0.854 bits per heavy atom. The highest BCUT2D eigenvalue weighted by Crippen LogP contribution is 2.45. The number of benzene rings is 9. The van der Waals surface area contributed by atoms with Crippen LogP contribution in [0.2, 0.25) is 0 Å². The molecule has 0 aliphatic carbocycles. The van der Waals surface area contributed by atoms with E-state index in [1.807, 2.05) is 0 Å². The molecule has 0 bridgehead atoms. The molecule has 48 heavy (non-hydrogen) atoms. The lowest BCUT2D eigenvalue weighted by molar-refractivity contribution is 1.17. The first-order chi connectivity index (χ1) is 23.8. The molecule has 0 fully saturated rings. The maximum Gasteiger partial charge on any atom is 0.0625 e. The summed E-state index contributed by atoms with van der Waals surface area (Å²) in [6.07, 6.45) is 0. The van der Waals surface area contributed by atoms with Gasteiger partial charge in [-0.1, -0.05) is 127 Å². The SMILES string of the molecule is c1ccc(-n2c3ccc(-n4c5ccccc5c5c6ccc7ccccc7c6c6ccccc6c54)cc3c3c4ccccc4ccc32)cc1. The molecule has 11 aromatic rings. The van der Waals surface area contributed by atoms with Gasteiger partial charge in [0.25, 0.3) is 0 Å². The van der Waals surface area contributed by atoms with Crippen molar-refractivity contribution in [3.8, 4) is 11.4 Å². The molecule has 0 saturated carbocycles. The number of nitrogens with zero attached hydrogens (tertiary/aromatic N) is 2. The summed E-state index contributed by atoms with van der Waals surface area (Å²) in [4.78, 5) is 0. The van der Waals surface area contributed by atoms with Gasteiger partial charge in [-0.25, -0.2) is 0 Å². The quantitative estimate of drug-likeness (QED) is 0.173. The van der Waals surface area contributed by atoms with Crippen LogP contribution >= 0.6 is 0 Å². The number of para-hydroxylation sites is 2.